The van der Waals surface area contributed by atoms with Gasteiger partial charge >= 0.3 is 0 Å². The van der Waals surface area contributed by atoms with E-state index < -0.39 is 5.91 Å². The summed E-state index contributed by atoms with van der Waals surface area (Å²) in [6.45, 7) is 0. The van der Waals surface area contributed by atoms with Gasteiger partial charge in [-0.05, 0) is 36.4 Å². The third-order valence-electron chi connectivity index (χ3n) is 2.46. The molecule has 0 heterocycles. The van der Waals surface area contributed by atoms with E-state index in [1.165, 1.54) is 25.3 Å². The van der Waals surface area contributed by atoms with Crippen LogP contribution in [0.1, 0.15) is 10.4 Å². The minimum Gasteiger partial charge on any atom is -0.497 e. The molecule has 1 aliphatic carbocycles. The molecule has 0 saturated heterocycles. The summed E-state index contributed by atoms with van der Waals surface area (Å²) in [5.41, 5.74) is 0.749. The predicted molar refractivity (Wildman–Crippen MR) is 72.8 cm³/mol. The van der Waals surface area contributed by atoms with Crippen molar-refractivity contribution >= 4 is 29.0 Å². The molecule has 1 aliphatic rings. The summed E-state index contributed by atoms with van der Waals surface area (Å²) in [6, 6.07) is 6.67. The van der Waals surface area contributed by atoms with E-state index in [0.717, 1.165) is 0 Å². The number of aliphatic imine (C=N–C) groups is 1. The number of benzene rings is 1. The van der Waals surface area contributed by atoms with Crippen molar-refractivity contribution in [3.8, 4) is 5.75 Å². The molecule has 5 heteroatoms. The Kier molecular flexibility index (Phi) is 3.92. The fraction of sp³-hybridized carbons (Fsp3) is 0.0714. The Labute approximate surface area is 115 Å². The van der Waals surface area contributed by atoms with E-state index in [2.05, 4.69) is 4.99 Å². The number of hydrogen-bond donors (Lipinski definition) is 0. The first-order valence-electron chi connectivity index (χ1n) is 5.47. The summed E-state index contributed by atoms with van der Waals surface area (Å²) in [7, 11) is 1.52. The van der Waals surface area contributed by atoms with Gasteiger partial charge in [-0.2, -0.15) is 0 Å². The quantitative estimate of drug-likeness (QED) is 0.780. The van der Waals surface area contributed by atoms with Crippen LogP contribution in [-0.4, -0.2) is 24.5 Å². The number of rotatable bonds is 2. The van der Waals surface area contributed by atoms with Gasteiger partial charge in [-0.1, -0.05) is 17.7 Å². The van der Waals surface area contributed by atoms with Gasteiger partial charge in [-0.15, -0.1) is 0 Å². The van der Waals surface area contributed by atoms with Crippen LogP contribution in [0.2, 0.25) is 0 Å². The molecule has 0 bridgehead atoms. The van der Waals surface area contributed by atoms with Crippen LogP contribution < -0.4 is 4.74 Å². The molecule has 4 nitrogen and oxygen atoms in total. The SMILES string of the molecule is COc1cccc(C(=O)N=C2C=CC(=O)C(Cl)=C2)c1. The van der Waals surface area contributed by atoms with Crippen LogP contribution in [0, 0.1) is 0 Å². The fourth-order valence-corrected chi connectivity index (χ4v) is 1.67. The Balaban J connectivity index is 2.26. The molecule has 2 rings (SSSR count). The molecule has 0 saturated carbocycles. The zero-order valence-corrected chi connectivity index (χ0v) is 10.8. The molecule has 0 N–H and O–H groups in total. The van der Waals surface area contributed by atoms with Crippen molar-refractivity contribution in [2.24, 2.45) is 4.99 Å². The number of ether oxygens (including phenoxy) is 1. The van der Waals surface area contributed by atoms with Crippen LogP contribution >= 0.6 is 11.6 Å². The van der Waals surface area contributed by atoms with Gasteiger partial charge in [0.25, 0.3) is 5.91 Å². The first-order valence-corrected chi connectivity index (χ1v) is 5.84. The predicted octanol–water partition coefficient (Wildman–Crippen LogP) is 2.54. The van der Waals surface area contributed by atoms with Gasteiger partial charge in [0.1, 0.15) is 5.75 Å². The normalized spacial score (nSPS) is 16.4. The first kappa shape index (κ1) is 13.2. The zero-order chi connectivity index (χ0) is 13.8. The smallest absolute Gasteiger partial charge is 0.277 e. The van der Waals surface area contributed by atoms with Crippen LogP contribution in [0.3, 0.4) is 0 Å². The largest absolute Gasteiger partial charge is 0.497 e. The van der Waals surface area contributed by atoms with E-state index in [1.807, 2.05) is 0 Å². The van der Waals surface area contributed by atoms with E-state index >= 15 is 0 Å². The fourth-order valence-electron chi connectivity index (χ4n) is 1.50. The third kappa shape index (κ3) is 3.17. The van der Waals surface area contributed by atoms with Gasteiger partial charge in [0, 0.05) is 5.56 Å². The van der Waals surface area contributed by atoms with Gasteiger partial charge in [0.05, 0.1) is 17.9 Å². The topological polar surface area (TPSA) is 55.7 Å². The lowest BCUT2D eigenvalue weighted by Crippen LogP contribution is -2.06. The van der Waals surface area contributed by atoms with E-state index in [4.69, 9.17) is 16.3 Å². The monoisotopic (exact) mass is 275 g/mol. The Morgan fingerprint density at radius 1 is 1.32 bits per heavy atom. The average Bonchev–Trinajstić information content (AvgIpc) is 2.43. The number of methoxy groups -OCH3 is 1. The molecular weight excluding hydrogens is 266 g/mol. The van der Waals surface area contributed by atoms with E-state index in [-0.39, 0.29) is 10.8 Å². The lowest BCUT2D eigenvalue weighted by atomic mass is 10.1. The van der Waals surface area contributed by atoms with Crippen LogP contribution in [-0.2, 0) is 4.79 Å². The minimum absolute atomic E-state index is 0.0414. The first-order chi connectivity index (χ1) is 9.10. The number of carbonyl (C=O) groups excluding carboxylic acids is 2. The van der Waals surface area contributed by atoms with Crippen molar-refractivity contribution in [3.05, 3.63) is 53.1 Å². The van der Waals surface area contributed by atoms with Crippen molar-refractivity contribution in [1.82, 2.24) is 0 Å². The van der Waals surface area contributed by atoms with Gasteiger partial charge in [-0.3, -0.25) is 9.59 Å². The highest BCUT2D eigenvalue weighted by atomic mass is 35.5. The standard InChI is InChI=1S/C14H10ClNO3/c1-19-11-4-2-3-9(7-11)14(18)16-10-5-6-13(17)12(15)8-10/h2-8H,1H3. The molecule has 0 aliphatic heterocycles. The zero-order valence-electron chi connectivity index (χ0n) is 10.1. The number of allylic oxidation sites excluding steroid dienone is 4. The summed E-state index contributed by atoms with van der Waals surface area (Å²) in [5.74, 6) is -0.142. The molecule has 19 heavy (non-hydrogen) atoms. The maximum atomic E-state index is 11.9. The van der Waals surface area contributed by atoms with E-state index in [9.17, 15) is 9.59 Å². The Bertz CT molecular complexity index is 629. The molecule has 0 aromatic heterocycles. The Morgan fingerprint density at radius 3 is 2.79 bits per heavy atom. The number of ketones is 1. The highest BCUT2D eigenvalue weighted by Crippen LogP contribution is 2.15. The number of carbonyl (C=O) groups is 2. The Morgan fingerprint density at radius 2 is 2.11 bits per heavy atom. The van der Waals surface area contributed by atoms with Crippen molar-refractivity contribution < 1.29 is 14.3 Å². The maximum absolute atomic E-state index is 11.9. The van der Waals surface area contributed by atoms with Gasteiger partial charge in [0.2, 0.25) is 0 Å². The molecular formula is C14H10ClNO3. The lowest BCUT2D eigenvalue weighted by molar-refractivity contribution is -0.110. The van der Waals surface area contributed by atoms with Crippen LogP contribution in [0.15, 0.2) is 52.5 Å². The number of nitrogens with zero attached hydrogens (tertiary/aromatic N) is 1. The molecule has 1 aromatic carbocycles. The average molecular weight is 276 g/mol. The second-order valence-corrected chi connectivity index (χ2v) is 4.17. The van der Waals surface area contributed by atoms with Gasteiger partial charge < -0.3 is 4.74 Å². The van der Waals surface area contributed by atoms with E-state index in [1.54, 1.807) is 24.3 Å². The summed E-state index contributed by atoms with van der Waals surface area (Å²) >= 11 is 5.69. The van der Waals surface area contributed by atoms with Crippen molar-refractivity contribution in [3.63, 3.8) is 0 Å². The minimum atomic E-state index is -0.423. The van der Waals surface area contributed by atoms with Crippen LogP contribution in [0.4, 0.5) is 0 Å². The molecule has 0 spiro atoms. The van der Waals surface area contributed by atoms with Gasteiger partial charge in [0.15, 0.2) is 5.78 Å². The van der Waals surface area contributed by atoms with E-state index in [0.29, 0.717) is 17.0 Å². The van der Waals surface area contributed by atoms with Crippen molar-refractivity contribution in [2.45, 2.75) is 0 Å². The molecule has 1 amide bonds. The second kappa shape index (κ2) is 5.63. The third-order valence-corrected chi connectivity index (χ3v) is 2.76. The summed E-state index contributed by atoms with van der Waals surface area (Å²) < 4.78 is 5.03. The summed E-state index contributed by atoms with van der Waals surface area (Å²) in [5, 5.41) is 0.0414. The number of halogens is 1. The summed E-state index contributed by atoms with van der Waals surface area (Å²) in [6.07, 6.45) is 4.09. The van der Waals surface area contributed by atoms with Crippen LogP contribution in [0.25, 0.3) is 0 Å². The van der Waals surface area contributed by atoms with Gasteiger partial charge in [-0.25, -0.2) is 4.99 Å². The van der Waals surface area contributed by atoms with Crippen molar-refractivity contribution in [1.29, 1.82) is 0 Å². The number of amides is 1. The highest BCUT2D eigenvalue weighted by Gasteiger charge is 2.11. The molecule has 0 fully saturated rings. The lowest BCUT2D eigenvalue weighted by Gasteiger charge is -2.03. The Hall–Kier alpha value is -2.20. The molecule has 0 unspecified atom stereocenters. The molecule has 1 aromatic rings. The molecule has 96 valence electrons. The summed E-state index contributed by atoms with van der Waals surface area (Å²) in [4.78, 5) is 27.0. The molecule has 0 radical (unpaired) electrons. The van der Waals surface area contributed by atoms with Crippen LogP contribution in [0.5, 0.6) is 5.75 Å². The number of hydrogen-bond acceptors (Lipinski definition) is 3. The molecule has 0 atom stereocenters. The highest BCUT2D eigenvalue weighted by molar-refractivity contribution is 6.47. The second-order valence-electron chi connectivity index (χ2n) is 3.76. The van der Waals surface area contributed by atoms with Crippen molar-refractivity contribution in [2.75, 3.05) is 7.11 Å². The maximum Gasteiger partial charge on any atom is 0.277 e.